The van der Waals surface area contributed by atoms with Crippen LogP contribution in [0.25, 0.3) is 0 Å². The topological polar surface area (TPSA) is 77.0 Å². The van der Waals surface area contributed by atoms with Crippen LogP contribution in [0.2, 0.25) is 0 Å². The van der Waals surface area contributed by atoms with E-state index in [4.69, 9.17) is 5.41 Å². The number of unbranched alkanes of at least 4 members (excludes halogenated alkanes) is 4. The zero-order valence-electron chi connectivity index (χ0n) is 12.0. The van der Waals surface area contributed by atoms with Gasteiger partial charge in [-0.3, -0.25) is 21.1 Å². The van der Waals surface area contributed by atoms with Crippen LogP contribution in [0.4, 0.5) is 5.69 Å². The molecule has 0 bridgehead atoms. The monoisotopic (exact) mass is 276 g/mol. The third kappa shape index (κ3) is 7.41. The average molecular weight is 276 g/mol. The number of benzene rings is 1. The molecule has 20 heavy (non-hydrogen) atoms. The second kappa shape index (κ2) is 9.83. The third-order valence-electron chi connectivity index (χ3n) is 2.88. The Kier molecular flexibility index (Phi) is 7.87. The fourth-order valence-electron chi connectivity index (χ4n) is 1.78. The van der Waals surface area contributed by atoms with Gasteiger partial charge in [0, 0.05) is 12.1 Å². The van der Waals surface area contributed by atoms with Gasteiger partial charge in [0.25, 0.3) is 0 Å². The largest absolute Gasteiger partial charge is 0.325 e. The van der Waals surface area contributed by atoms with Gasteiger partial charge in [0.15, 0.2) is 0 Å². The maximum absolute atomic E-state index is 11.5. The Morgan fingerprint density at radius 1 is 1.05 bits per heavy atom. The minimum Gasteiger partial charge on any atom is -0.325 e. The van der Waals surface area contributed by atoms with Gasteiger partial charge < -0.3 is 5.32 Å². The first kappa shape index (κ1) is 16.0. The summed E-state index contributed by atoms with van der Waals surface area (Å²) in [7, 11) is 0. The summed E-state index contributed by atoms with van der Waals surface area (Å²) < 4.78 is 0. The van der Waals surface area contributed by atoms with Crippen LogP contribution in [0.3, 0.4) is 0 Å². The molecule has 0 aromatic heterocycles. The lowest BCUT2D eigenvalue weighted by Gasteiger charge is -2.11. The van der Waals surface area contributed by atoms with Crippen molar-refractivity contribution in [2.45, 2.75) is 45.4 Å². The molecule has 0 aliphatic rings. The SMILES string of the molecule is CCCCCCCC(=O)NNC(=N)Nc1ccccc1. The first-order valence-corrected chi connectivity index (χ1v) is 7.18. The molecule has 110 valence electrons. The summed E-state index contributed by atoms with van der Waals surface area (Å²) in [5.74, 6) is -0.0309. The molecule has 0 heterocycles. The van der Waals surface area contributed by atoms with E-state index in [1.807, 2.05) is 30.3 Å². The molecule has 1 aromatic carbocycles. The Hall–Kier alpha value is -2.04. The second-order valence-corrected chi connectivity index (χ2v) is 4.70. The van der Waals surface area contributed by atoms with Crippen molar-refractivity contribution in [1.29, 1.82) is 5.41 Å². The van der Waals surface area contributed by atoms with Crippen LogP contribution in [0, 0.1) is 5.41 Å². The molecule has 0 spiro atoms. The number of hydrazine groups is 1. The van der Waals surface area contributed by atoms with Crippen molar-refractivity contribution in [3.05, 3.63) is 30.3 Å². The Morgan fingerprint density at radius 2 is 1.75 bits per heavy atom. The molecule has 1 aromatic rings. The van der Waals surface area contributed by atoms with Gasteiger partial charge in [-0.2, -0.15) is 0 Å². The molecule has 0 atom stereocenters. The van der Waals surface area contributed by atoms with Gasteiger partial charge in [-0.1, -0.05) is 50.8 Å². The standard InChI is InChI=1S/C15H24N4O/c1-2-3-4-5-9-12-14(20)18-19-15(16)17-13-10-7-6-8-11-13/h6-8,10-11H,2-5,9,12H2,1H3,(H,18,20)(H3,16,17,19). The molecule has 0 radical (unpaired) electrons. The summed E-state index contributed by atoms with van der Waals surface area (Å²) in [5, 5.41) is 10.5. The second-order valence-electron chi connectivity index (χ2n) is 4.70. The number of para-hydroxylation sites is 1. The molecule has 0 unspecified atom stereocenters. The van der Waals surface area contributed by atoms with Gasteiger partial charge in [0.1, 0.15) is 0 Å². The van der Waals surface area contributed by atoms with Crippen molar-refractivity contribution in [2.24, 2.45) is 0 Å². The van der Waals surface area contributed by atoms with E-state index in [2.05, 4.69) is 23.1 Å². The van der Waals surface area contributed by atoms with E-state index in [0.29, 0.717) is 6.42 Å². The third-order valence-corrected chi connectivity index (χ3v) is 2.88. The van der Waals surface area contributed by atoms with Crippen LogP contribution < -0.4 is 16.2 Å². The lowest BCUT2D eigenvalue weighted by molar-refractivity contribution is -0.121. The highest BCUT2D eigenvalue weighted by atomic mass is 16.2. The number of anilines is 1. The zero-order chi connectivity index (χ0) is 14.6. The Balaban J connectivity index is 2.10. The summed E-state index contributed by atoms with van der Waals surface area (Å²) >= 11 is 0. The van der Waals surface area contributed by atoms with Gasteiger partial charge in [-0.05, 0) is 18.6 Å². The van der Waals surface area contributed by atoms with Crippen molar-refractivity contribution in [3.63, 3.8) is 0 Å². The van der Waals surface area contributed by atoms with E-state index < -0.39 is 0 Å². The summed E-state index contributed by atoms with van der Waals surface area (Å²) in [5.41, 5.74) is 5.88. The molecule has 0 aliphatic carbocycles. The number of hydrogen-bond acceptors (Lipinski definition) is 2. The quantitative estimate of drug-likeness (QED) is 0.267. The molecule has 0 saturated carbocycles. The molecule has 5 heteroatoms. The molecule has 0 saturated heterocycles. The maximum Gasteiger partial charge on any atom is 0.238 e. The van der Waals surface area contributed by atoms with Gasteiger partial charge in [0.2, 0.25) is 11.9 Å². The molecule has 1 amide bonds. The Morgan fingerprint density at radius 3 is 2.45 bits per heavy atom. The van der Waals surface area contributed by atoms with Crippen molar-refractivity contribution in [2.75, 3.05) is 5.32 Å². The summed E-state index contributed by atoms with van der Waals surface area (Å²) in [6.45, 7) is 2.17. The zero-order valence-corrected chi connectivity index (χ0v) is 12.0. The molecule has 0 fully saturated rings. The highest BCUT2D eigenvalue weighted by Gasteiger charge is 2.02. The first-order chi connectivity index (χ1) is 9.72. The maximum atomic E-state index is 11.5. The van der Waals surface area contributed by atoms with Gasteiger partial charge >= 0.3 is 0 Å². The minimum absolute atomic E-state index is 0.0514. The van der Waals surface area contributed by atoms with Crippen LogP contribution in [-0.4, -0.2) is 11.9 Å². The molecule has 1 rings (SSSR count). The molecular formula is C15H24N4O. The smallest absolute Gasteiger partial charge is 0.238 e. The molecule has 0 aliphatic heterocycles. The van der Waals surface area contributed by atoms with Crippen LogP contribution >= 0.6 is 0 Å². The number of amides is 1. The highest BCUT2D eigenvalue weighted by Crippen LogP contribution is 2.05. The number of guanidine groups is 1. The molecule has 5 nitrogen and oxygen atoms in total. The van der Waals surface area contributed by atoms with Gasteiger partial charge in [-0.15, -0.1) is 0 Å². The first-order valence-electron chi connectivity index (χ1n) is 7.18. The van der Waals surface area contributed by atoms with Crippen molar-refractivity contribution in [3.8, 4) is 0 Å². The fourth-order valence-corrected chi connectivity index (χ4v) is 1.78. The van der Waals surface area contributed by atoms with Crippen LogP contribution in [0.1, 0.15) is 45.4 Å². The predicted molar refractivity (Wildman–Crippen MR) is 82.4 cm³/mol. The van der Waals surface area contributed by atoms with E-state index in [1.54, 1.807) is 0 Å². The van der Waals surface area contributed by atoms with Crippen LogP contribution in [0.15, 0.2) is 30.3 Å². The molecular weight excluding hydrogens is 252 g/mol. The van der Waals surface area contributed by atoms with E-state index in [0.717, 1.165) is 18.5 Å². The van der Waals surface area contributed by atoms with Gasteiger partial charge in [0.05, 0.1) is 0 Å². The average Bonchev–Trinajstić information content (AvgIpc) is 2.46. The summed E-state index contributed by atoms with van der Waals surface area (Å²) in [6.07, 6.45) is 6.09. The number of rotatable bonds is 7. The fraction of sp³-hybridized carbons (Fsp3) is 0.467. The molecule has 4 N–H and O–H groups in total. The Labute approximate surface area is 120 Å². The normalized spacial score (nSPS) is 9.85. The minimum atomic E-state index is -0.0823. The number of carbonyl (C=O) groups excluding carboxylic acids is 1. The predicted octanol–water partition coefficient (Wildman–Crippen LogP) is 3.01. The van der Waals surface area contributed by atoms with Crippen LogP contribution in [0.5, 0.6) is 0 Å². The lowest BCUT2D eigenvalue weighted by atomic mass is 10.1. The van der Waals surface area contributed by atoms with Gasteiger partial charge in [-0.25, -0.2) is 0 Å². The van der Waals surface area contributed by atoms with Crippen molar-refractivity contribution < 1.29 is 4.79 Å². The van der Waals surface area contributed by atoms with E-state index >= 15 is 0 Å². The summed E-state index contributed by atoms with van der Waals surface area (Å²) in [6, 6.07) is 9.37. The van der Waals surface area contributed by atoms with E-state index in [-0.39, 0.29) is 11.9 Å². The van der Waals surface area contributed by atoms with Crippen LogP contribution in [-0.2, 0) is 4.79 Å². The van der Waals surface area contributed by atoms with E-state index in [9.17, 15) is 4.79 Å². The summed E-state index contributed by atoms with van der Waals surface area (Å²) in [4.78, 5) is 11.5. The van der Waals surface area contributed by atoms with E-state index in [1.165, 1.54) is 19.3 Å². The Bertz CT molecular complexity index is 406. The number of carbonyl (C=O) groups is 1. The van der Waals surface area contributed by atoms with Crippen molar-refractivity contribution >= 4 is 17.6 Å². The number of nitrogens with one attached hydrogen (secondary N) is 4. The lowest BCUT2D eigenvalue weighted by Crippen LogP contribution is -2.44. The van der Waals surface area contributed by atoms with Crippen molar-refractivity contribution in [1.82, 2.24) is 10.9 Å². The highest BCUT2D eigenvalue weighted by molar-refractivity contribution is 5.92. The number of hydrogen-bond donors (Lipinski definition) is 4.